The minimum Gasteiger partial charge on any atom is -0.381 e. The molecule has 3 saturated heterocycles. The van der Waals surface area contributed by atoms with Gasteiger partial charge in [-0.2, -0.15) is 4.98 Å². The van der Waals surface area contributed by atoms with Gasteiger partial charge in [-0.15, -0.1) is 0 Å². The lowest BCUT2D eigenvalue weighted by Crippen LogP contribution is -2.43. The fourth-order valence-electron chi connectivity index (χ4n) is 4.93. The quantitative estimate of drug-likeness (QED) is 0.846. The number of piperidine rings is 2. The van der Waals surface area contributed by atoms with Crippen molar-refractivity contribution in [2.75, 3.05) is 32.8 Å². The SMILES string of the molecule is O=C(N1CCC(c2noc(C3CCNC(C4CCOC4)C3)n2)CC1)C1(F)CC1. The van der Waals surface area contributed by atoms with E-state index in [1.807, 2.05) is 0 Å². The fraction of sp³-hybridized carbons (Fsp3) is 0.850. The molecule has 0 spiro atoms. The van der Waals surface area contributed by atoms with Gasteiger partial charge in [-0.25, -0.2) is 4.39 Å². The van der Waals surface area contributed by atoms with E-state index in [4.69, 9.17) is 14.2 Å². The zero-order chi connectivity index (χ0) is 19.1. The summed E-state index contributed by atoms with van der Waals surface area (Å²) in [5.41, 5.74) is -1.57. The molecule has 154 valence electrons. The van der Waals surface area contributed by atoms with Crippen molar-refractivity contribution in [3.8, 4) is 0 Å². The van der Waals surface area contributed by atoms with Crippen molar-refractivity contribution in [3.63, 3.8) is 0 Å². The van der Waals surface area contributed by atoms with E-state index in [1.165, 1.54) is 0 Å². The highest BCUT2D eigenvalue weighted by Crippen LogP contribution is 2.42. The highest BCUT2D eigenvalue weighted by Gasteiger charge is 2.53. The van der Waals surface area contributed by atoms with Crippen LogP contribution in [-0.4, -0.2) is 65.5 Å². The van der Waals surface area contributed by atoms with Crippen LogP contribution in [0.1, 0.15) is 68.5 Å². The smallest absolute Gasteiger partial charge is 0.260 e. The topological polar surface area (TPSA) is 80.5 Å². The molecule has 4 aliphatic rings. The summed E-state index contributed by atoms with van der Waals surface area (Å²) < 4.78 is 25.2. The van der Waals surface area contributed by atoms with E-state index >= 15 is 0 Å². The van der Waals surface area contributed by atoms with Crippen molar-refractivity contribution in [2.24, 2.45) is 5.92 Å². The third-order valence-electron chi connectivity index (χ3n) is 7.00. The second-order valence-electron chi connectivity index (χ2n) is 8.93. The number of nitrogens with zero attached hydrogens (tertiary/aromatic N) is 3. The van der Waals surface area contributed by atoms with Crippen molar-refractivity contribution in [1.82, 2.24) is 20.4 Å². The average molecular weight is 392 g/mol. The van der Waals surface area contributed by atoms with Gasteiger partial charge >= 0.3 is 0 Å². The van der Waals surface area contributed by atoms with Crippen LogP contribution in [0.5, 0.6) is 0 Å². The summed E-state index contributed by atoms with van der Waals surface area (Å²) >= 11 is 0. The van der Waals surface area contributed by atoms with Crippen molar-refractivity contribution < 1.29 is 18.4 Å². The number of halogens is 1. The molecule has 4 heterocycles. The minimum atomic E-state index is -1.57. The van der Waals surface area contributed by atoms with Gasteiger partial charge in [-0.1, -0.05) is 5.16 Å². The molecule has 1 saturated carbocycles. The van der Waals surface area contributed by atoms with Crippen LogP contribution in [0.3, 0.4) is 0 Å². The summed E-state index contributed by atoms with van der Waals surface area (Å²) in [7, 11) is 0. The second kappa shape index (κ2) is 7.37. The number of hydrogen-bond donors (Lipinski definition) is 1. The van der Waals surface area contributed by atoms with E-state index in [0.29, 0.717) is 43.8 Å². The lowest BCUT2D eigenvalue weighted by atomic mass is 9.85. The Kier molecular flexibility index (Phi) is 4.87. The highest BCUT2D eigenvalue weighted by atomic mass is 19.1. The zero-order valence-electron chi connectivity index (χ0n) is 16.2. The first-order chi connectivity index (χ1) is 13.6. The first-order valence-corrected chi connectivity index (χ1v) is 10.8. The Morgan fingerprint density at radius 2 is 2.00 bits per heavy atom. The van der Waals surface area contributed by atoms with Crippen LogP contribution in [0.25, 0.3) is 0 Å². The third-order valence-corrected chi connectivity index (χ3v) is 7.00. The number of likely N-dealkylation sites (tertiary alicyclic amines) is 1. The summed E-state index contributed by atoms with van der Waals surface area (Å²) in [4.78, 5) is 18.6. The monoisotopic (exact) mass is 392 g/mol. The van der Waals surface area contributed by atoms with Gasteiger partial charge < -0.3 is 19.5 Å². The molecule has 0 aromatic carbocycles. The molecule has 1 aliphatic carbocycles. The lowest BCUT2D eigenvalue weighted by Gasteiger charge is -2.32. The Hall–Kier alpha value is -1.54. The normalized spacial score (nSPS) is 33.2. The first kappa shape index (κ1) is 18.5. The molecule has 8 heteroatoms. The Labute approximate surface area is 164 Å². The maximum atomic E-state index is 14.0. The second-order valence-corrected chi connectivity index (χ2v) is 8.93. The maximum absolute atomic E-state index is 14.0. The highest BCUT2D eigenvalue weighted by molar-refractivity contribution is 5.88. The molecule has 3 atom stereocenters. The summed E-state index contributed by atoms with van der Waals surface area (Å²) in [5, 5.41) is 7.89. The van der Waals surface area contributed by atoms with Crippen LogP contribution >= 0.6 is 0 Å². The van der Waals surface area contributed by atoms with Crippen LogP contribution in [-0.2, 0) is 9.53 Å². The van der Waals surface area contributed by atoms with Crippen molar-refractivity contribution in [2.45, 2.75) is 68.5 Å². The van der Waals surface area contributed by atoms with Gasteiger partial charge in [-0.05, 0) is 57.4 Å². The van der Waals surface area contributed by atoms with E-state index in [1.54, 1.807) is 4.90 Å². The van der Waals surface area contributed by atoms with Crippen LogP contribution in [0, 0.1) is 5.92 Å². The Bertz CT molecular complexity index is 708. The molecule has 28 heavy (non-hydrogen) atoms. The average Bonchev–Trinajstić information content (AvgIpc) is 3.17. The summed E-state index contributed by atoms with van der Waals surface area (Å²) in [6.45, 7) is 3.83. The molecule has 3 aliphatic heterocycles. The number of hydrogen-bond acceptors (Lipinski definition) is 6. The molecule has 1 amide bonds. The largest absolute Gasteiger partial charge is 0.381 e. The predicted octanol–water partition coefficient (Wildman–Crippen LogP) is 2.15. The van der Waals surface area contributed by atoms with Crippen molar-refractivity contribution in [1.29, 1.82) is 0 Å². The summed E-state index contributed by atoms with van der Waals surface area (Å²) in [6, 6.07) is 0.460. The van der Waals surface area contributed by atoms with Crippen LogP contribution in [0.2, 0.25) is 0 Å². The molecule has 1 aromatic heterocycles. The predicted molar refractivity (Wildman–Crippen MR) is 98.6 cm³/mol. The van der Waals surface area contributed by atoms with Gasteiger partial charge in [0.1, 0.15) is 0 Å². The molecule has 3 unspecified atom stereocenters. The van der Waals surface area contributed by atoms with Crippen LogP contribution in [0.15, 0.2) is 4.52 Å². The van der Waals surface area contributed by atoms with Gasteiger partial charge in [0.25, 0.3) is 5.91 Å². The molecule has 0 radical (unpaired) electrons. The number of carbonyl (C=O) groups excluding carboxylic acids is 1. The van der Waals surface area contributed by atoms with E-state index in [0.717, 1.165) is 63.6 Å². The molecule has 0 bridgehead atoms. The van der Waals surface area contributed by atoms with Gasteiger partial charge in [0.15, 0.2) is 11.5 Å². The number of nitrogens with one attached hydrogen (secondary N) is 1. The number of amides is 1. The Morgan fingerprint density at radius 3 is 2.71 bits per heavy atom. The van der Waals surface area contributed by atoms with Gasteiger partial charge in [-0.3, -0.25) is 4.79 Å². The number of rotatable bonds is 4. The molecular formula is C20H29FN4O3. The molecule has 4 fully saturated rings. The third kappa shape index (κ3) is 3.56. The number of carbonyl (C=O) groups is 1. The van der Waals surface area contributed by atoms with E-state index in [-0.39, 0.29) is 11.8 Å². The molecule has 7 nitrogen and oxygen atoms in total. The van der Waals surface area contributed by atoms with E-state index in [9.17, 15) is 9.18 Å². The first-order valence-electron chi connectivity index (χ1n) is 10.8. The molecule has 1 aromatic rings. The van der Waals surface area contributed by atoms with Crippen molar-refractivity contribution >= 4 is 5.91 Å². The Balaban J connectivity index is 1.18. The molecule has 5 rings (SSSR count). The van der Waals surface area contributed by atoms with Crippen molar-refractivity contribution in [3.05, 3.63) is 11.7 Å². The zero-order valence-corrected chi connectivity index (χ0v) is 16.2. The number of ether oxygens (including phenoxy) is 1. The standard InChI is InChI=1S/C20H29FN4O3/c21-20(5-6-20)19(26)25-8-2-13(3-9-25)17-23-18(28-24-17)14-1-7-22-16(11-14)15-4-10-27-12-15/h13-16,22H,1-12H2. The van der Waals surface area contributed by atoms with E-state index < -0.39 is 5.67 Å². The molecular weight excluding hydrogens is 363 g/mol. The Morgan fingerprint density at radius 1 is 1.18 bits per heavy atom. The maximum Gasteiger partial charge on any atom is 0.260 e. The fourth-order valence-corrected chi connectivity index (χ4v) is 4.93. The number of alkyl halides is 1. The van der Waals surface area contributed by atoms with Gasteiger partial charge in [0.05, 0.1) is 6.61 Å². The number of aromatic nitrogens is 2. The summed E-state index contributed by atoms with van der Waals surface area (Å²) in [6.07, 6.45) is 5.45. The van der Waals surface area contributed by atoms with Gasteiger partial charge in [0, 0.05) is 37.6 Å². The lowest BCUT2D eigenvalue weighted by molar-refractivity contribution is -0.139. The van der Waals surface area contributed by atoms with E-state index in [2.05, 4.69) is 10.5 Å². The summed E-state index contributed by atoms with van der Waals surface area (Å²) in [5.74, 6) is 2.25. The van der Waals surface area contributed by atoms with Gasteiger partial charge in [0.2, 0.25) is 5.89 Å². The van der Waals surface area contributed by atoms with Crippen LogP contribution in [0.4, 0.5) is 4.39 Å². The molecule has 1 N–H and O–H groups in total. The van der Waals surface area contributed by atoms with Crippen LogP contribution < -0.4 is 5.32 Å². The minimum absolute atomic E-state index is 0.192.